The lowest BCUT2D eigenvalue weighted by Gasteiger charge is -2.27. The molecule has 1 aromatic rings. The Morgan fingerprint density at radius 2 is 1.64 bits per heavy atom. The molecule has 1 aromatic carbocycles. The first-order valence-electron chi connectivity index (χ1n) is 7.43. The van der Waals surface area contributed by atoms with Gasteiger partial charge in [0.2, 0.25) is 0 Å². The van der Waals surface area contributed by atoms with Gasteiger partial charge < -0.3 is 25.5 Å². The average Bonchev–Trinajstić information content (AvgIpc) is 2.52. The Hall–Kier alpha value is -1.22. The van der Waals surface area contributed by atoms with Gasteiger partial charge in [-0.15, -0.1) is 0 Å². The molecule has 0 fully saturated rings. The molecule has 7 N–H and O–H groups in total. The fourth-order valence-corrected chi connectivity index (χ4v) is 2.16. The number of phenols is 1. The van der Waals surface area contributed by atoms with Gasteiger partial charge >= 0.3 is 0 Å². The molecule has 0 saturated carbocycles. The molecule has 0 aliphatic heterocycles. The lowest BCUT2D eigenvalue weighted by atomic mass is 9.99. The van der Waals surface area contributed by atoms with Crippen LogP contribution in [-0.2, 0) is 6.42 Å². The fourth-order valence-electron chi connectivity index (χ4n) is 2.16. The maximum atomic E-state index is 9.72. The summed E-state index contributed by atoms with van der Waals surface area (Å²) in [6.07, 6.45) is -0.408. The Kier molecular flexibility index (Phi) is 8.32. The number of phenolic OH excluding ortho intramolecular Hbond substituents is 1. The molecular formula is C15H26N2O5. The van der Waals surface area contributed by atoms with Gasteiger partial charge in [0.05, 0.1) is 19.4 Å². The standard InChI is InChI=1S/C15H26N2O5/c1-2-3-4-10-5-6-11(20)7-12(10)15(16-13(21)8-18)17-14(22)9-19/h5-7,13-22H,2-4,8-9H2,1H3. The van der Waals surface area contributed by atoms with Crippen molar-refractivity contribution < 1.29 is 25.5 Å². The molecule has 0 radical (unpaired) electrons. The highest BCUT2D eigenvalue weighted by Gasteiger charge is 2.20. The van der Waals surface area contributed by atoms with E-state index in [0.717, 1.165) is 24.8 Å². The maximum Gasteiger partial charge on any atom is 0.129 e. The van der Waals surface area contributed by atoms with E-state index in [1.54, 1.807) is 12.1 Å². The van der Waals surface area contributed by atoms with Gasteiger partial charge in [-0.2, -0.15) is 0 Å². The second-order valence-corrected chi connectivity index (χ2v) is 5.15. The van der Waals surface area contributed by atoms with E-state index in [4.69, 9.17) is 10.2 Å². The van der Waals surface area contributed by atoms with Crippen molar-refractivity contribution in [3.8, 4) is 5.75 Å². The zero-order chi connectivity index (χ0) is 16.5. The molecule has 0 heterocycles. The largest absolute Gasteiger partial charge is 0.508 e. The van der Waals surface area contributed by atoms with Gasteiger partial charge in [-0.05, 0) is 36.1 Å². The van der Waals surface area contributed by atoms with Crippen LogP contribution in [0.4, 0.5) is 0 Å². The highest BCUT2D eigenvalue weighted by Crippen LogP contribution is 2.24. The maximum absolute atomic E-state index is 9.72. The zero-order valence-corrected chi connectivity index (χ0v) is 12.7. The molecule has 0 aliphatic rings. The fraction of sp³-hybridized carbons (Fsp3) is 0.600. The smallest absolute Gasteiger partial charge is 0.129 e. The van der Waals surface area contributed by atoms with Crippen molar-refractivity contribution in [3.63, 3.8) is 0 Å². The van der Waals surface area contributed by atoms with Crippen LogP contribution in [0, 0.1) is 0 Å². The van der Waals surface area contributed by atoms with Crippen molar-refractivity contribution in [2.24, 2.45) is 0 Å². The van der Waals surface area contributed by atoms with Crippen molar-refractivity contribution in [1.82, 2.24) is 10.6 Å². The van der Waals surface area contributed by atoms with Gasteiger partial charge in [-0.1, -0.05) is 19.4 Å². The Morgan fingerprint density at radius 3 is 2.14 bits per heavy atom. The Labute approximate surface area is 130 Å². The van der Waals surface area contributed by atoms with Crippen LogP contribution in [-0.4, -0.2) is 51.2 Å². The van der Waals surface area contributed by atoms with Crippen molar-refractivity contribution in [2.45, 2.75) is 44.8 Å². The van der Waals surface area contributed by atoms with Crippen LogP contribution >= 0.6 is 0 Å². The molecule has 1 rings (SSSR count). The molecule has 0 saturated heterocycles. The van der Waals surface area contributed by atoms with Crippen LogP contribution in [0.25, 0.3) is 0 Å². The number of aliphatic hydroxyl groups excluding tert-OH is 4. The monoisotopic (exact) mass is 314 g/mol. The van der Waals surface area contributed by atoms with E-state index in [1.807, 2.05) is 0 Å². The summed E-state index contributed by atoms with van der Waals surface area (Å²) in [4.78, 5) is 0. The summed E-state index contributed by atoms with van der Waals surface area (Å²) in [5, 5.41) is 52.3. The number of benzene rings is 1. The number of hydrogen-bond donors (Lipinski definition) is 7. The number of aryl methyl sites for hydroxylation is 1. The summed E-state index contributed by atoms with van der Waals surface area (Å²) in [5.74, 6) is 0.0563. The van der Waals surface area contributed by atoms with Crippen LogP contribution < -0.4 is 10.6 Å². The van der Waals surface area contributed by atoms with Gasteiger partial charge in [0.25, 0.3) is 0 Å². The molecule has 0 amide bonds. The van der Waals surface area contributed by atoms with E-state index in [1.165, 1.54) is 6.07 Å². The van der Waals surface area contributed by atoms with Crippen LogP contribution in [0.15, 0.2) is 18.2 Å². The highest BCUT2D eigenvalue weighted by molar-refractivity contribution is 5.37. The second-order valence-electron chi connectivity index (χ2n) is 5.15. The predicted octanol–water partition coefficient (Wildman–Crippen LogP) is -0.466. The summed E-state index contributed by atoms with van der Waals surface area (Å²) >= 11 is 0. The number of unbranched alkanes of at least 4 members (excludes halogenated alkanes) is 1. The minimum absolute atomic E-state index is 0.0563. The molecule has 7 heteroatoms. The van der Waals surface area contributed by atoms with Gasteiger partial charge in [0.1, 0.15) is 18.2 Å². The minimum atomic E-state index is -1.20. The molecule has 2 unspecified atom stereocenters. The molecule has 22 heavy (non-hydrogen) atoms. The number of aromatic hydroxyl groups is 1. The quantitative estimate of drug-likeness (QED) is 0.291. The first-order valence-corrected chi connectivity index (χ1v) is 7.43. The van der Waals surface area contributed by atoms with Crippen LogP contribution in [0.2, 0.25) is 0 Å². The van der Waals surface area contributed by atoms with Crippen LogP contribution in [0.3, 0.4) is 0 Å². The number of aliphatic hydroxyl groups is 4. The summed E-state index contributed by atoms with van der Waals surface area (Å²) in [6.45, 7) is 1.06. The number of nitrogens with one attached hydrogen (secondary N) is 2. The van der Waals surface area contributed by atoms with Crippen molar-refractivity contribution in [3.05, 3.63) is 29.3 Å². The molecular weight excluding hydrogens is 288 g/mol. The zero-order valence-electron chi connectivity index (χ0n) is 12.7. The summed E-state index contributed by atoms with van der Waals surface area (Å²) in [5.41, 5.74) is 1.59. The SMILES string of the molecule is CCCCc1ccc(O)cc1C(NC(O)CO)NC(O)CO. The third kappa shape index (κ3) is 5.88. The molecule has 0 aromatic heterocycles. The highest BCUT2D eigenvalue weighted by atomic mass is 16.3. The molecule has 126 valence electrons. The van der Waals surface area contributed by atoms with Crippen LogP contribution in [0.5, 0.6) is 5.75 Å². The van der Waals surface area contributed by atoms with E-state index in [0.29, 0.717) is 5.56 Å². The summed E-state index contributed by atoms with van der Waals surface area (Å²) < 4.78 is 0. The van der Waals surface area contributed by atoms with E-state index < -0.39 is 31.8 Å². The normalized spacial score (nSPS) is 15.5. The summed E-state index contributed by atoms with van der Waals surface area (Å²) in [7, 11) is 0. The van der Waals surface area contributed by atoms with Gasteiger partial charge in [-0.25, -0.2) is 0 Å². The summed E-state index contributed by atoms with van der Waals surface area (Å²) in [6, 6.07) is 4.90. The number of hydrogen-bond acceptors (Lipinski definition) is 7. The van der Waals surface area contributed by atoms with E-state index in [9.17, 15) is 15.3 Å². The molecule has 0 bridgehead atoms. The van der Waals surface area contributed by atoms with E-state index in [2.05, 4.69) is 17.6 Å². The Morgan fingerprint density at radius 1 is 1.05 bits per heavy atom. The third-order valence-corrected chi connectivity index (χ3v) is 3.30. The first-order chi connectivity index (χ1) is 10.5. The lowest BCUT2D eigenvalue weighted by molar-refractivity contribution is 0.0208. The van der Waals surface area contributed by atoms with Crippen molar-refractivity contribution in [1.29, 1.82) is 0 Å². The van der Waals surface area contributed by atoms with Gasteiger partial charge in [0, 0.05) is 0 Å². The number of rotatable bonds is 10. The third-order valence-electron chi connectivity index (χ3n) is 3.30. The molecule has 2 atom stereocenters. The van der Waals surface area contributed by atoms with Crippen molar-refractivity contribution >= 4 is 0 Å². The first kappa shape index (κ1) is 18.8. The molecule has 7 nitrogen and oxygen atoms in total. The van der Waals surface area contributed by atoms with E-state index >= 15 is 0 Å². The van der Waals surface area contributed by atoms with Crippen LogP contribution in [0.1, 0.15) is 37.1 Å². The topological polar surface area (TPSA) is 125 Å². The minimum Gasteiger partial charge on any atom is -0.508 e. The lowest BCUT2D eigenvalue weighted by Crippen LogP contribution is -2.47. The van der Waals surface area contributed by atoms with Gasteiger partial charge in [0.15, 0.2) is 0 Å². The predicted molar refractivity (Wildman–Crippen MR) is 81.9 cm³/mol. The molecule has 0 aliphatic carbocycles. The average molecular weight is 314 g/mol. The van der Waals surface area contributed by atoms with Gasteiger partial charge in [-0.3, -0.25) is 10.6 Å². The Balaban J connectivity index is 3.06. The van der Waals surface area contributed by atoms with E-state index in [-0.39, 0.29) is 5.75 Å². The Bertz CT molecular complexity index is 432. The molecule has 0 spiro atoms. The second kappa shape index (κ2) is 9.73. The van der Waals surface area contributed by atoms with Crippen molar-refractivity contribution in [2.75, 3.05) is 13.2 Å².